The first-order chi connectivity index (χ1) is 12.6. The van der Waals surface area contributed by atoms with E-state index in [1.165, 1.54) is 0 Å². The average molecular weight is 377 g/mol. The summed E-state index contributed by atoms with van der Waals surface area (Å²) in [5.74, 6) is 3.03. The van der Waals surface area contributed by atoms with E-state index in [4.69, 9.17) is 4.74 Å². The number of rotatable bonds is 1. The number of aliphatic hydroxyl groups is 2. The highest BCUT2D eigenvalue weighted by atomic mass is 16.5. The van der Waals surface area contributed by atoms with Gasteiger partial charge in [0.2, 0.25) is 0 Å². The molecule has 27 heavy (non-hydrogen) atoms. The van der Waals surface area contributed by atoms with Crippen LogP contribution in [0.5, 0.6) is 0 Å². The molecular formula is C23H36O4. The molecule has 0 aromatic rings. The second-order valence-corrected chi connectivity index (χ2v) is 11.3. The molecular weight excluding hydrogens is 340 g/mol. The second kappa shape index (κ2) is 5.50. The van der Waals surface area contributed by atoms with Crippen LogP contribution in [0, 0.1) is 46.3 Å². The molecule has 5 saturated carbocycles. The third-order valence-electron chi connectivity index (χ3n) is 10.2. The summed E-state index contributed by atoms with van der Waals surface area (Å²) in [7, 11) is 0. The average Bonchev–Trinajstić information content (AvgIpc) is 3.34. The minimum Gasteiger partial charge on any atom is -0.462 e. The van der Waals surface area contributed by atoms with Gasteiger partial charge in [-0.25, -0.2) is 0 Å². The van der Waals surface area contributed by atoms with Gasteiger partial charge in [0.15, 0.2) is 0 Å². The van der Waals surface area contributed by atoms with E-state index in [0.717, 1.165) is 38.5 Å². The van der Waals surface area contributed by atoms with Gasteiger partial charge in [-0.1, -0.05) is 20.8 Å². The fraction of sp³-hybridized carbons (Fsp3) is 0.957. The van der Waals surface area contributed by atoms with Gasteiger partial charge in [-0.05, 0) is 79.4 Å². The largest absolute Gasteiger partial charge is 0.462 e. The first-order valence-electron chi connectivity index (χ1n) is 11.2. The van der Waals surface area contributed by atoms with Crippen LogP contribution in [0.4, 0.5) is 0 Å². The Morgan fingerprint density at radius 1 is 1.07 bits per heavy atom. The van der Waals surface area contributed by atoms with Gasteiger partial charge in [-0.3, -0.25) is 4.79 Å². The molecule has 11 unspecified atom stereocenters. The minimum absolute atomic E-state index is 0.0416. The van der Waals surface area contributed by atoms with Crippen molar-refractivity contribution >= 4 is 5.97 Å². The molecule has 0 radical (unpaired) electrons. The van der Waals surface area contributed by atoms with E-state index in [-0.39, 0.29) is 29.0 Å². The van der Waals surface area contributed by atoms with Gasteiger partial charge < -0.3 is 14.9 Å². The second-order valence-electron chi connectivity index (χ2n) is 11.3. The molecule has 5 aliphatic carbocycles. The molecule has 0 aliphatic heterocycles. The number of fused-ring (bicyclic) bond motifs is 8. The zero-order valence-corrected chi connectivity index (χ0v) is 17.3. The Morgan fingerprint density at radius 2 is 1.81 bits per heavy atom. The molecule has 4 nitrogen and oxygen atoms in total. The fourth-order valence-electron chi connectivity index (χ4n) is 8.94. The van der Waals surface area contributed by atoms with Gasteiger partial charge in [0.25, 0.3) is 0 Å². The Kier molecular flexibility index (Phi) is 3.75. The summed E-state index contributed by atoms with van der Waals surface area (Å²) in [5.41, 5.74) is -0.665. The zero-order chi connectivity index (χ0) is 19.4. The highest BCUT2D eigenvalue weighted by Crippen LogP contribution is 2.76. The van der Waals surface area contributed by atoms with Crippen LogP contribution in [0.2, 0.25) is 0 Å². The Bertz CT molecular complexity index is 663. The lowest BCUT2D eigenvalue weighted by Crippen LogP contribution is -2.64. The summed E-state index contributed by atoms with van der Waals surface area (Å²) >= 11 is 0. The van der Waals surface area contributed by atoms with Crippen molar-refractivity contribution < 1.29 is 19.7 Å². The number of hydrogen-bond acceptors (Lipinski definition) is 4. The topological polar surface area (TPSA) is 66.8 Å². The molecule has 0 aromatic heterocycles. The van der Waals surface area contributed by atoms with E-state index in [9.17, 15) is 15.0 Å². The summed E-state index contributed by atoms with van der Waals surface area (Å²) in [6, 6.07) is 0. The van der Waals surface area contributed by atoms with E-state index in [1.807, 2.05) is 0 Å². The van der Waals surface area contributed by atoms with Crippen molar-refractivity contribution in [1.29, 1.82) is 0 Å². The van der Waals surface area contributed by atoms with Crippen LogP contribution in [0.3, 0.4) is 0 Å². The smallest absolute Gasteiger partial charge is 0.302 e. The number of aliphatic hydroxyl groups excluding tert-OH is 1. The zero-order valence-electron chi connectivity index (χ0n) is 17.3. The monoisotopic (exact) mass is 376 g/mol. The number of esters is 1. The standard InChI is InChI=1S/C23H36O4/c1-12-9-18-19-15-10-17(15)23(26)11-14(25)5-8-22(23,4)16(19)6-7-21(18,3)20(12)27-13(2)24/h12,14-20,25-26H,5-11H2,1-4H3. The summed E-state index contributed by atoms with van der Waals surface area (Å²) in [4.78, 5) is 11.8. The molecule has 0 spiro atoms. The molecule has 152 valence electrons. The molecule has 0 amide bonds. The molecule has 0 heterocycles. The van der Waals surface area contributed by atoms with E-state index < -0.39 is 5.60 Å². The summed E-state index contributed by atoms with van der Waals surface area (Å²) in [6.07, 6.45) is 6.54. The maximum atomic E-state index is 11.8. The predicted molar refractivity (Wildman–Crippen MR) is 102 cm³/mol. The molecule has 5 aliphatic rings. The van der Waals surface area contributed by atoms with Crippen molar-refractivity contribution in [3.8, 4) is 0 Å². The highest BCUT2D eigenvalue weighted by molar-refractivity contribution is 5.66. The molecule has 2 N–H and O–H groups in total. The normalized spacial score (nSPS) is 61.3. The van der Waals surface area contributed by atoms with Crippen molar-refractivity contribution in [2.24, 2.45) is 46.3 Å². The number of hydrogen-bond donors (Lipinski definition) is 2. The lowest BCUT2D eigenvalue weighted by Gasteiger charge is -2.63. The van der Waals surface area contributed by atoms with Crippen molar-refractivity contribution in [2.45, 2.75) is 90.4 Å². The maximum Gasteiger partial charge on any atom is 0.302 e. The SMILES string of the molecule is CC(=O)OC1C(C)CC2C3C4CC4C4(O)CC(O)CCC4(C)C3CCC21C. The van der Waals surface area contributed by atoms with Crippen LogP contribution in [-0.4, -0.2) is 34.0 Å². The Morgan fingerprint density at radius 3 is 2.52 bits per heavy atom. The third kappa shape index (κ3) is 2.20. The Balaban J connectivity index is 1.51. The molecule has 11 atom stereocenters. The van der Waals surface area contributed by atoms with Crippen molar-refractivity contribution in [3.05, 3.63) is 0 Å². The lowest BCUT2D eigenvalue weighted by atomic mass is 9.43. The quantitative estimate of drug-likeness (QED) is 0.687. The van der Waals surface area contributed by atoms with E-state index >= 15 is 0 Å². The van der Waals surface area contributed by atoms with Crippen LogP contribution in [0.25, 0.3) is 0 Å². The van der Waals surface area contributed by atoms with Gasteiger partial charge in [0, 0.05) is 18.8 Å². The van der Waals surface area contributed by atoms with E-state index in [1.54, 1.807) is 6.92 Å². The molecule has 0 bridgehead atoms. The molecule has 5 fully saturated rings. The minimum atomic E-state index is -0.677. The first kappa shape index (κ1) is 18.4. The Labute approximate surface area is 163 Å². The van der Waals surface area contributed by atoms with E-state index in [0.29, 0.717) is 41.9 Å². The summed E-state index contributed by atoms with van der Waals surface area (Å²) < 4.78 is 5.87. The van der Waals surface area contributed by atoms with Gasteiger partial charge in [0.1, 0.15) is 6.10 Å². The van der Waals surface area contributed by atoms with E-state index in [2.05, 4.69) is 20.8 Å². The molecule has 0 aromatic carbocycles. The van der Waals surface area contributed by atoms with Crippen LogP contribution in [0.15, 0.2) is 0 Å². The van der Waals surface area contributed by atoms with Gasteiger partial charge in [-0.2, -0.15) is 0 Å². The maximum absolute atomic E-state index is 11.8. The van der Waals surface area contributed by atoms with Crippen molar-refractivity contribution in [3.63, 3.8) is 0 Å². The molecule has 5 rings (SSSR count). The number of carbonyl (C=O) groups is 1. The highest BCUT2D eigenvalue weighted by Gasteiger charge is 2.75. The Hall–Kier alpha value is -0.610. The lowest BCUT2D eigenvalue weighted by molar-refractivity contribution is -0.228. The van der Waals surface area contributed by atoms with Crippen LogP contribution in [0.1, 0.15) is 72.6 Å². The summed E-state index contributed by atoms with van der Waals surface area (Å²) in [5, 5.41) is 22.1. The molecule has 0 saturated heterocycles. The van der Waals surface area contributed by atoms with Crippen molar-refractivity contribution in [2.75, 3.05) is 0 Å². The van der Waals surface area contributed by atoms with Gasteiger partial charge >= 0.3 is 5.97 Å². The van der Waals surface area contributed by atoms with Gasteiger partial charge in [0.05, 0.1) is 11.7 Å². The number of carbonyl (C=O) groups excluding carboxylic acids is 1. The third-order valence-corrected chi connectivity index (χ3v) is 10.2. The molecule has 4 heteroatoms. The van der Waals surface area contributed by atoms with Crippen LogP contribution >= 0.6 is 0 Å². The van der Waals surface area contributed by atoms with Gasteiger partial charge in [-0.15, -0.1) is 0 Å². The predicted octanol–water partition coefficient (Wildman–Crippen LogP) is 3.54. The van der Waals surface area contributed by atoms with Crippen LogP contribution in [-0.2, 0) is 9.53 Å². The van der Waals surface area contributed by atoms with Crippen LogP contribution < -0.4 is 0 Å². The van der Waals surface area contributed by atoms with Crippen molar-refractivity contribution in [1.82, 2.24) is 0 Å². The first-order valence-corrected chi connectivity index (χ1v) is 11.2. The number of ether oxygens (including phenoxy) is 1. The fourth-order valence-corrected chi connectivity index (χ4v) is 8.94. The summed E-state index contributed by atoms with van der Waals surface area (Å²) in [6.45, 7) is 8.50.